The van der Waals surface area contributed by atoms with Gasteiger partial charge in [0.1, 0.15) is 0 Å². The van der Waals surface area contributed by atoms with E-state index >= 15 is 0 Å². The molecule has 16 heavy (non-hydrogen) atoms. The van der Waals surface area contributed by atoms with E-state index in [4.69, 9.17) is 17.3 Å². The molecule has 1 aromatic carbocycles. The largest absolute Gasteiger partial charge is 0.328 e. The standard InChI is InChI=1S/C12H14ClN3/c1-9(14)6-11-7-16(8-15-11)12-4-2-10(13)3-5-12/h2-5,7-9H,6,14H2,1H3. The van der Waals surface area contributed by atoms with Crippen LogP contribution in [0.5, 0.6) is 0 Å². The molecule has 0 radical (unpaired) electrons. The number of hydrogen-bond acceptors (Lipinski definition) is 2. The van der Waals surface area contributed by atoms with Gasteiger partial charge in [0.15, 0.2) is 0 Å². The van der Waals surface area contributed by atoms with Crippen molar-refractivity contribution in [2.75, 3.05) is 0 Å². The Labute approximate surface area is 99.9 Å². The molecule has 0 aliphatic heterocycles. The Morgan fingerprint density at radius 1 is 1.38 bits per heavy atom. The lowest BCUT2D eigenvalue weighted by molar-refractivity contribution is 0.725. The Morgan fingerprint density at radius 3 is 2.69 bits per heavy atom. The third kappa shape index (κ3) is 2.62. The number of aromatic nitrogens is 2. The first-order valence-corrected chi connectivity index (χ1v) is 5.57. The first-order chi connectivity index (χ1) is 7.65. The van der Waals surface area contributed by atoms with Gasteiger partial charge in [0.25, 0.3) is 0 Å². The second kappa shape index (κ2) is 4.68. The fraction of sp³-hybridized carbons (Fsp3) is 0.250. The third-order valence-corrected chi connectivity index (χ3v) is 2.54. The molecule has 2 aromatic rings. The average molecular weight is 236 g/mol. The van der Waals surface area contributed by atoms with Gasteiger partial charge in [-0.25, -0.2) is 4.98 Å². The SMILES string of the molecule is CC(N)Cc1cn(-c2ccc(Cl)cc2)cn1. The predicted octanol–water partition coefficient (Wildman–Crippen LogP) is 2.42. The lowest BCUT2D eigenvalue weighted by Gasteiger charge is -2.02. The molecular weight excluding hydrogens is 222 g/mol. The minimum Gasteiger partial charge on any atom is -0.328 e. The van der Waals surface area contributed by atoms with E-state index in [1.807, 2.05) is 42.0 Å². The smallest absolute Gasteiger partial charge is 0.0995 e. The van der Waals surface area contributed by atoms with Crippen molar-refractivity contribution >= 4 is 11.6 Å². The summed E-state index contributed by atoms with van der Waals surface area (Å²) in [6.07, 6.45) is 4.58. The molecule has 0 aliphatic rings. The maximum absolute atomic E-state index is 5.83. The molecule has 3 nitrogen and oxygen atoms in total. The maximum atomic E-state index is 5.83. The van der Waals surface area contributed by atoms with Crippen molar-refractivity contribution in [1.29, 1.82) is 0 Å². The van der Waals surface area contributed by atoms with Crippen LogP contribution in [0.1, 0.15) is 12.6 Å². The van der Waals surface area contributed by atoms with Crippen molar-refractivity contribution < 1.29 is 0 Å². The highest BCUT2D eigenvalue weighted by Crippen LogP contribution is 2.14. The molecule has 84 valence electrons. The van der Waals surface area contributed by atoms with Crippen LogP contribution in [0.3, 0.4) is 0 Å². The maximum Gasteiger partial charge on any atom is 0.0995 e. The van der Waals surface area contributed by atoms with Crippen LogP contribution in [0.4, 0.5) is 0 Å². The van der Waals surface area contributed by atoms with E-state index in [0.717, 1.165) is 22.8 Å². The number of rotatable bonds is 3. The summed E-state index contributed by atoms with van der Waals surface area (Å²) >= 11 is 5.83. The van der Waals surface area contributed by atoms with Crippen molar-refractivity contribution in [2.45, 2.75) is 19.4 Å². The van der Waals surface area contributed by atoms with Gasteiger partial charge in [-0.05, 0) is 31.2 Å². The quantitative estimate of drug-likeness (QED) is 0.888. The first-order valence-electron chi connectivity index (χ1n) is 5.19. The zero-order valence-corrected chi connectivity index (χ0v) is 9.85. The third-order valence-electron chi connectivity index (χ3n) is 2.29. The summed E-state index contributed by atoms with van der Waals surface area (Å²) in [5.74, 6) is 0. The summed E-state index contributed by atoms with van der Waals surface area (Å²) in [5, 5.41) is 0.736. The summed E-state index contributed by atoms with van der Waals surface area (Å²) in [7, 11) is 0. The van der Waals surface area contributed by atoms with Gasteiger partial charge in [0.05, 0.1) is 12.0 Å². The van der Waals surface area contributed by atoms with Gasteiger partial charge in [0.2, 0.25) is 0 Å². The van der Waals surface area contributed by atoms with Gasteiger partial charge in [-0.15, -0.1) is 0 Å². The minimum absolute atomic E-state index is 0.133. The van der Waals surface area contributed by atoms with E-state index in [1.54, 1.807) is 6.33 Å². The molecule has 0 saturated heterocycles. The van der Waals surface area contributed by atoms with Crippen molar-refractivity contribution in [3.05, 3.63) is 47.5 Å². The summed E-state index contributed by atoms with van der Waals surface area (Å²) < 4.78 is 1.97. The second-order valence-electron chi connectivity index (χ2n) is 3.93. The number of halogens is 1. The van der Waals surface area contributed by atoms with Crippen molar-refractivity contribution in [2.24, 2.45) is 5.73 Å². The normalized spacial score (nSPS) is 12.7. The number of benzene rings is 1. The van der Waals surface area contributed by atoms with Crippen LogP contribution in [0.25, 0.3) is 5.69 Å². The molecule has 1 atom stereocenters. The lowest BCUT2D eigenvalue weighted by Crippen LogP contribution is -2.17. The summed E-state index contributed by atoms with van der Waals surface area (Å²) in [6, 6.07) is 7.78. The number of nitrogens with two attached hydrogens (primary N) is 1. The molecule has 0 saturated carbocycles. The fourth-order valence-electron chi connectivity index (χ4n) is 1.55. The molecule has 0 fully saturated rings. The van der Waals surface area contributed by atoms with E-state index < -0.39 is 0 Å². The number of hydrogen-bond donors (Lipinski definition) is 1. The highest BCUT2D eigenvalue weighted by atomic mass is 35.5. The van der Waals surface area contributed by atoms with E-state index in [0.29, 0.717) is 0 Å². The van der Waals surface area contributed by atoms with E-state index in [1.165, 1.54) is 0 Å². The molecule has 1 aromatic heterocycles. The molecule has 2 N–H and O–H groups in total. The predicted molar refractivity (Wildman–Crippen MR) is 65.9 cm³/mol. The monoisotopic (exact) mass is 235 g/mol. The summed E-state index contributed by atoms with van der Waals surface area (Å²) in [5.41, 5.74) is 7.78. The van der Waals surface area contributed by atoms with Gasteiger partial charge < -0.3 is 10.3 Å². The molecule has 0 spiro atoms. The molecule has 0 amide bonds. The molecule has 4 heteroatoms. The van der Waals surface area contributed by atoms with E-state index in [-0.39, 0.29) is 6.04 Å². The van der Waals surface area contributed by atoms with Crippen LogP contribution in [-0.2, 0) is 6.42 Å². The Morgan fingerprint density at radius 2 is 2.06 bits per heavy atom. The zero-order chi connectivity index (χ0) is 11.5. The van der Waals surface area contributed by atoms with Gasteiger partial charge in [-0.2, -0.15) is 0 Å². The Kier molecular flexibility index (Phi) is 3.27. The van der Waals surface area contributed by atoms with Crippen LogP contribution in [-0.4, -0.2) is 15.6 Å². The van der Waals surface area contributed by atoms with Gasteiger partial charge in [0, 0.05) is 29.4 Å². The van der Waals surface area contributed by atoms with Crippen LogP contribution in [0.2, 0.25) is 5.02 Å². The Balaban J connectivity index is 2.21. The van der Waals surface area contributed by atoms with Gasteiger partial charge in [-0.3, -0.25) is 0 Å². The topological polar surface area (TPSA) is 43.8 Å². The summed E-state index contributed by atoms with van der Waals surface area (Å²) in [4.78, 5) is 4.31. The second-order valence-corrected chi connectivity index (χ2v) is 4.37. The van der Waals surface area contributed by atoms with Crippen LogP contribution in [0, 0.1) is 0 Å². The minimum atomic E-state index is 0.133. The molecule has 1 heterocycles. The number of nitrogens with zero attached hydrogens (tertiary/aromatic N) is 2. The highest BCUT2D eigenvalue weighted by molar-refractivity contribution is 6.30. The zero-order valence-electron chi connectivity index (χ0n) is 9.10. The fourth-order valence-corrected chi connectivity index (χ4v) is 1.68. The van der Waals surface area contributed by atoms with Crippen molar-refractivity contribution in [3.63, 3.8) is 0 Å². The molecule has 0 aliphatic carbocycles. The van der Waals surface area contributed by atoms with E-state index in [9.17, 15) is 0 Å². The average Bonchev–Trinajstić information content (AvgIpc) is 2.66. The van der Waals surface area contributed by atoms with Crippen molar-refractivity contribution in [1.82, 2.24) is 9.55 Å². The van der Waals surface area contributed by atoms with Crippen LogP contribution >= 0.6 is 11.6 Å². The highest BCUT2D eigenvalue weighted by Gasteiger charge is 2.03. The van der Waals surface area contributed by atoms with Crippen LogP contribution < -0.4 is 5.73 Å². The van der Waals surface area contributed by atoms with Crippen LogP contribution in [0.15, 0.2) is 36.8 Å². The van der Waals surface area contributed by atoms with Gasteiger partial charge >= 0.3 is 0 Å². The molecule has 0 bridgehead atoms. The Bertz CT molecular complexity index is 459. The molecule has 2 rings (SSSR count). The summed E-state index contributed by atoms with van der Waals surface area (Å²) in [6.45, 7) is 1.97. The lowest BCUT2D eigenvalue weighted by atomic mass is 10.2. The van der Waals surface area contributed by atoms with Crippen molar-refractivity contribution in [3.8, 4) is 5.69 Å². The Hall–Kier alpha value is -1.32. The van der Waals surface area contributed by atoms with Gasteiger partial charge in [-0.1, -0.05) is 11.6 Å². The van der Waals surface area contributed by atoms with E-state index in [2.05, 4.69) is 4.98 Å². The molecular formula is C12H14ClN3. The molecule has 1 unspecified atom stereocenters. The first kappa shape index (κ1) is 11.2. The number of imidazole rings is 1.